The first-order chi connectivity index (χ1) is 4.31. The molecule has 0 radical (unpaired) electrons. The van der Waals surface area contributed by atoms with Crippen molar-refractivity contribution in [1.82, 2.24) is 0 Å². The van der Waals surface area contributed by atoms with Crippen LogP contribution in [0.15, 0.2) is 12.2 Å². The first-order valence-electron chi connectivity index (χ1n) is 2.60. The molecule has 0 aromatic rings. The molecule has 0 heterocycles. The quantitative estimate of drug-likeness (QED) is 0.308. The van der Waals surface area contributed by atoms with Gasteiger partial charge in [-0.25, -0.2) is 4.79 Å². The minimum Gasteiger partial charge on any atom is -0.463 e. The molecule has 0 atom stereocenters. The Labute approximate surface area is 54.5 Å². The summed E-state index contributed by atoms with van der Waals surface area (Å²) in [5.41, 5.74) is 0. The summed E-state index contributed by atoms with van der Waals surface area (Å²) >= 11 is 0. The van der Waals surface area contributed by atoms with Crippen LogP contribution in [0.3, 0.4) is 0 Å². The van der Waals surface area contributed by atoms with Gasteiger partial charge in [0.15, 0.2) is 0 Å². The van der Waals surface area contributed by atoms with Gasteiger partial charge >= 0.3 is 5.97 Å². The second kappa shape index (κ2) is 4.92. The minimum atomic E-state index is -0.393. The van der Waals surface area contributed by atoms with Crippen LogP contribution < -0.4 is 0 Å². The van der Waals surface area contributed by atoms with E-state index in [2.05, 4.69) is 10.7 Å². The highest BCUT2D eigenvalue weighted by Crippen LogP contribution is 1.78. The molecular formula is C7H8O2. The van der Waals surface area contributed by atoms with Crippen LogP contribution in [0.5, 0.6) is 0 Å². The zero-order valence-electron chi connectivity index (χ0n) is 5.26. The summed E-state index contributed by atoms with van der Waals surface area (Å²) in [5, 5.41) is 0. The average Bonchev–Trinajstić information content (AvgIpc) is 1.85. The number of carbonyl (C=O) groups excluding carboxylic acids is 1. The molecule has 0 aromatic heterocycles. The van der Waals surface area contributed by atoms with Crippen molar-refractivity contribution in [2.45, 2.75) is 6.92 Å². The maximum Gasteiger partial charge on any atom is 0.331 e. The van der Waals surface area contributed by atoms with Crippen molar-refractivity contribution in [3.8, 4) is 12.3 Å². The number of ether oxygens (including phenoxy) is 1. The molecule has 0 rings (SSSR count). The number of hydrogen-bond acceptors (Lipinski definition) is 2. The lowest BCUT2D eigenvalue weighted by Gasteiger charge is -1.91. The zero-order valence-corrected chi connectivity index (χ0v) is 5.26. The van der Waals surface area contributed by atoms with Gasteiger partial charge in [0.2, 0.25) is 0 Å². The van der Waals surface area contributed by atoms with Crippen molar-refractivity contribution < 1.29 is 9.53 Å². The van der Waals surface area contributed by atoms with Crippen molar-refractivity contribution in [1.29, 1.82) is 0 Å². The lowest BCUT2D eigenvalue weighted by molar-refractivity contribution is -0.137. The van der Waals surface area contributed by atoms with Gasteiger partial charge in [0.1, 0.15) is 0 Å². The van der Waals surface area contributed by atoms with Gasteiger partial charge in [-0.3, -0.25) is 0 Å². The third kappa shape index (κ3) is 4.63. The normalized spacial score (nSPS) is 8.89. The van der Waals surface area contributed by atoms with Crippen LogP contribution in [0, 0.1) is 12.3 Å². The summed E-state index contributed by atoms with van der Waals surface area (Å²) in [7, 11) is 0. The molecule has 0 aliphatic heterocycles. The van der Waals surface area contributed by atoms with E-state index in [4.69, 9.17) is 6.42 Å². The SMILES string of the molecule is C#CC=CC(=O)OCC. The van der Waals surface area contributed by atoms with E-state index < -0.39 is 5.97 Å². The summed E-state index contributed by atoms with van der Waals surface area (Å²) < 4.78 is 4.52. The molecule has 0 aliphatic rings. The van der Waals surface area contributed by atoms with Crippen molar-refractivity contribution in [2.24, 2.45) is 0 Å². The molecule has 0 N–H and O–H groups in total. The van der Waals surface area contributed by atoms with Crippen LogP contribution in [0.4, 0.5) is 0 Å². The monoisotopic (exact) mass is 124 g/mol. The molecule has 0 saturated carbocycles. The van der Waals surface area contributed by atoms with Crippen LogP contribution in [0.1, 0.15) is 6.92 Å². The fourth-order valence-corrected chi connectivity index (χ4v) is 0.307. The Morgan fingerprint density at radius 1 is 1.89 bits per heavy atom. The van der Waals surface area contributed by atoms with E-state index in [-0.39, 0.29) is 0 Å². The van der Waals surface area contributed by atoms with Gasteiger partial charge in [-0.05, 0) is 13.0 Å². The molecule has 48 valence electrons. The largest absolute Gasteiger partial charge is 0.463 e. The highest BCUT2D eigenvalue weighted by molar-refractivity contribution is 5.82. The third-order valence-corrected chi connectivity index (χ3v) is 0.602. The first kappa shape index (κ1) is 7.77. The van der Waals surface area contributed by atoms with E-state index in [1.165, 1.54) is 12.2 Å². The van der Waals surface area contributed by atoms with Gasteiger partial charge in [-0.1, -0.05) is 5.92 Å². The van der Waals surface area contributed by atoms with Crippen molar-refractivity contribution >= 4 is 5.97 Å². The molecule has 9 heavy (non-hydrogen) atoms. The average molecular weight is 124 g/mol. The fraction of sp³-hybridized carbons (Fsp3) is 0.286. The maximum atomic E-state index is 10.4. The predicted octanol–water partition coefficient (Wildman–Crippen LogP) is 0.739. The van der Waals surface area contributed by atoms with Gasteiger partial charge in [-0.2, -0.15) is 0 Å². The summed E-state index contributed by atoms with van der Waals surface area (Å²) in [5.74, 6) is 1.78. The number of carbonyl (C=O) groups is 1. The van der Waals surface area contributed by atoms with Gasteiger partial charge in [0.25, 0.3) is 0 Å². The van der Waals surface area contributed by atoms with Gasteiger partial charge in [0, 0.05) is 6.08 Å². The van der Waals surface area contributed by atoms with Crippen LogP contribution in [-0.2, 0) is 9.53 Å². The van der Waals surface area contributed by atoms with E-state index in [0.29, 0.717) is 6.61 Å². The van der Waals surface area contributed by atoms with Crippen LogP contribution in [0.25, 0.3) is 0 Å². The van der Waals surface area contributed by atoms with Crippen LogP contribution >= 0.6 is 0 Å². The topological polar surface area (TPSA) is 26.3 Å². The van der Waals surface area contributed by atoms with Gasteiger partial charge in [-0.15, -0.1) is 6.42 Å². The Bertz CT molecular complexity index is 151. The molecule has 0 amide bonds. The molecule has 0 bridgehead atoms. The molecule has 0 unspecified atom stereocenters. The highest BCUT2D eigenvalue weighted by atomic mass is 16.5. The summed E-state index contributed by atoms with van der Waals surface area (Å²) in [4.78, 5) is 10.4. The molecular weight excluding hydrogens is 116 g/mol. The maximum absolute atomic E-state index is 10.4. The summed E-state index contributed by atoms with van der Waals surface area (Å²) in [6.45, 7) is 2.12. The summed E-state index contributed by atoms with van der Waals surface area (Å²) in [6, 6.07) is 0. The Kier molecular flexibility index (Phi) is 4.25. The van der Waals surface area contributed by atoms with E-state index >= 15 is 0 Å². The second-order valence-corrected chi connectivity index (χ2v) is 1.25. The number of hydrogen-bond donors (Lipinski definition) is 0. The van der Waals surface area contributed by atoms with E-state index in [0.717, 1.165) is 0 Å². The van der Waals surface area contributed by atoms with Gasteiger partial charge in [0.05, 0.1) is 6.61 Å². The lowest BCUT2D eigenvalue weighted by atomic mass is 10.5. The number of esters is 1. The smallest absolute Gasteiger partial charge is 0.331 e. The lowest BCUT2D eigenvalue weighted by Crippen LogP contribution is -1.98. The Morgan fingerprint density at radius 3 is 3.00 bits per heavy atom. The molecule has 0 fully saturated rings. The Balaban J connectivity index is 3.53. The molecule has 2 heteroatoms. The van der Waals surface area contributed by atoms with E-state index in [1.807, 2.05) is 0 Å². The molecule has 2 nitrogen and oxygen atoms in total. The molecule has 0 aliphatic carbocycles. The molecule has 0 saturated heterocycles. The number of rotatable bonds is 2. The first-order valence-corrected chi connectivity index (χ1v) is 2.60. The molecule has 0 aromatic carbocycles. The van der Waals surface area contributed by atoms with E-state index in [1.54, 1.807) is 6.92 Å². The van der Waals surface area contributed by atoms with E-state index in [9.17, 15) is 4.79 Å². The van der Waals surface area contributed by atoms with Crippen LogP contribution in [0.2, 0.25) is 0 Å². The second-order valence-electron chi connectivity index (χ2n) is 1.25. The molecule has 0 spiro atoms. The van der Waals surface area contributed by atoms with Gasteiger partial charge < -0.3 is 4.74 Å². The standard InChI is InChI=1S/C7H8O2/c1-3-5-6-7(8)9-4-2/h1,5-6H,4H2,2H3. The Hall–Kier alpha value is -1.23. The van der Waals surface area contributed by atoms with Crippen LogP contribution in [-0.4, -0.2) is 12.6 Å². The number of allylic oxidation sites excluding steroid dienone is 1. The zero-order chi connectivity index (χ0) is 7.11. The third-order valence-electron chi connectivity index (χ3n) is 0.602. The fourth-order valence-electron chi connectivity index (χ4n) is 0.307. The Morgan fingerprint density at radius 2 is 2.56 bits per heavy atom. The summed E-state index contributed by atoms with van der Waals surface area (Å²) in [6.07, 6.45) is 7.34. The number of terminal acetylenes is 1. The predicted molar refractivity (Wildman–Crippen MR) is 34.6 cm³/mol. The minimum absolute atomic E-state index is 0.383. The van der Waals surface area contributed by atoms with Crippen molar-refractivity contribution in [2.75, 3.05) is 6.61 Å². The highest BCUT2D eigenvalue weighted by Gasteiger charge is 1.89. The van der Waals surface area contributed by atoms with Crippen molar-refractivity contribution in [3.63, 3.8) is 0 Å². The van der Waals surface area contributed by atoms with Crippen molar-refractivity contribution in [3.05, 3.63) is 12.2 Å².